The van der Waals surface area contributed by atoms with Crippen LogP contribution in [0, 0.1) is 11.4 Å². The quantitative estimate of drug-likeness (QED) is 0.443. The highest BCUT2D eigenvalue weighted by molar-refractivity contribution is 5.85. The summed E-state index contributed by atoms with van der Waals surface area (Å²) in [5.41, 5.74) is 1.97. The molecule has 4 heterocycles. The maximum atomic E-state index is 14.4. The third kappa shape index (κ3) is 3.83. The van der Waals surface area contributed by atoms with Crippen LogP contribution in [0.3, 0.4) is 0 Å². The molecule has 0 saturated carbocycles. The number of hydrogen-bond acceptors (Lipinski definition) is 4. The van der Waals surface area contributed by atoms with Crippen LogP contribution >= 0.6 is 0 Å². The summed E-state index contributed by atoms with van der Waals surface area (Å²) in [7, 11) is 0. The second kappa shape index (κ2) is 8.24. The molecule has 3 aromatic rings. The lowest BCUT2D eigenvalue weighted by atomic mass is 9.79. The van der Waals surface area contributed by atoms with E-state index in [4.69, 9.17) is 4.74 Å². The summed E-state index contributed by atoms with van der Waals surface area (Å²) in [6.45, 7) is 4.97. The number of halogens is 4. The largest absolute Gasteiger partial charge is 0.413 e. The Morgan fingerprint density at radius 3 is 2.49 bits per heavy atom. The van der Waals surface area contributed by atoms with Crippen molar-refractivity contribution in [2.24, 2.45) is 5.41 Å². The Bertz CT molecular complexity index is 1360. The second-order valence-electron chi connectivity index (χ2n) is 11.2. The van der Waals surface area contributed by atoms with Crippen LogP contribution in [0.2, 0.25) is 0 Å². The van der Waals surface area contributed by atoms with Crippen LogP contribution in [-0.4, -0.2) is 51.3 Å². The molecule has 0 N–H and O–H groups in total. The maximum Gasteiger partial charge on any atom is 0.413 e. The van der Waals surface area contributed by atoms with E-state index in [-0.39, 0.29) is 23.4 Å². The van der Waals surface area contributed by atoms with Gasteiger partial charge in [0.15, 0.2) is 11.7 Å². The fraction of sp³-hybridized carbons (Fsp3) is 0.519. The lowest BCUT2D eigenvalue weighted by Gasteiger charge is -2.35. The third-order valence-electron chi connectivity index (χ3n) is 8.48. The zero-order valence-corrected chi connectivity index (χ0v) is 20.7. The lowest BCUT2D eigenvalue weighted by Crippen LogP contribution is -2.44. The number of benzene rings is 1. The summed E-state index contributed by atoms with van der Waals surface area (Å²) in [6.07, 6.45) is -0.858. The van der Waals surface area contributed by atoms with Crippen LogP contribution in [0.4, 0.5) is 17.6 Å². The number of carbonyl (C=O) groups excluding carboxylic acids is 1. The van der Waals surface area contributed by atoms with Crippen LogP contribution in [0.5, 0.6) is 0 Å². The monoisotopic (exact) mass is 516 g/mol. The zero-order chi connectivity index (χ0) is 26.2. The number of alkyl halides is 3. The fourth-order valence-electron chi connectivity index (χ4n) is 6.64. The van der Waals surface area contributed by atoms with Gasteiger partial charge in [0.25, 0.3) is 0 Å². The van der Waals surface area contributed by atoms with Crippen molar-refractivity contribution in [1.82, 2.24) is 19.5 Å². The van der Waals surface area contributed by atoms with Crippen LogP contribution in [-0.2, 0) is 14.9 Å². The van der Waals surface area contributed by atoms with E-state index in [0.29, 0.717) is 44.5 Å². The topological polar surface area (TPSA) is 59.7 Å². The number of carbonyl (C=O) groups is 1. The van der Waals surface area contributed by atoms with E-state index in [1.807, 2.05) is 13.8 Å². The van der Waals surface area contributed by atoms with Crippen molar-refractivity contribution in [3.63, 3.8) is 0 Å². The molecule has 6 rings (SSSR count). The summed E-state index contributed by atoms with van der Waals surface area (Å²) >= 11 is 0. The first-order valence-corrected chi connectivity index (χ1v) is 12.6. The molecular formula is C27H28F4N4O2. The maximum absolute atomic E-state index is 14.4. The summed E-state index contributed by atoms with van der Waals surface area (Å²) in [5.74, 6) is -1.15. The van der Waals surface area contributed by atoms with Crippen molar-refractivity contribution in [3.8, 4) is 0 Å². The number of aromatic nitrogens is 3. The van der Waals surface area contributed by atoms with Crippen LogP contribution in [0.1, 0.15) is 73.9 Å². The van der Waals surface area contributed by atoms with E-state index < -0.39 is 29.5 Å². The van der Waals surface area contributed by atoms with Crippen molar-refractivity contribution in [3.05, 3.63) is 64.9 Å². The van der Waals surface area contributed by atoms with Crippen molar-refractivity contribution in [2.75, 3.05) is 19.8 Å². The second-order valence-corrected chi connectivity index (χ2v) is 11.2. The first-order valence-electron chi connectivity index (χ1n) is 12.6. The van der Waals surface area contributed by atoms with E-state index in [9.17, 15) is 22.4 Å². The molecular weight excluding hydrogens is 488 g/mol. The average molecular weight is 517 g/mol. The SMILES string of the molecule is CC1(C)C[C@@H](c2ccc([C@@H](N3CCC4(CCOCC4)C3=O)C(F)(F)F)cc2)c2cnc3cc(F)nn3c21. The highest BCUT2D eigenvalue weighted by Crippen LogP contribution is 2.50. The summed E-state index contributed by atoms with van der Waals surface area (Å²) in [6, 6.07) is 5.68. The molecule has 2 fully saturated rings. The number of rotatable bonds is 3. The van der Waals surface area contributed by atoms with Gasteiger partial charge in [0, 0.05) is 48.9 Å². The molecule has 1 aliphatic carbocycles. The summed E-state index contributed by atoms with van der Waals surface area (Å²) < 4.78 is 63.9. The molecule has 0 radical (unpaired) electrons. The smallest absolute Gasteiger partial charge is 0.381 e. The molecule has 1 aromatic carbocycles. The van der Waals surface area contributed by atoms with Crippen molar-refractivity contribution in [2.45, 2.75) is 63.1 Å². The number of amides is 1. The summed E-state index contributed by atoms with van der Waals surface area (Å²) in [5, 5.41) is 3.98. The average Bonchev–Trinajstić information content (AvgIpc) is 3.46. The molecule has 2 aromatic heterocycles. The Balaban J connectivity index is 1.33. The van der Waals surface area contributed by atoms with Gasteiger partial charge in [0.2, 0.25) is 11.9 Å². The van der Waals surface area contributed by atoms with Crippen molar-refractivity contribution >= 4 is 11.6 Å². The Kier molecular flexibility index (Phi) is 5.42. The minimum Gasteiger partial charge on any atom is -0.381 e. The molecule has 0 bridgehead atoms. The summed E-state index contributed by atoms with van der Waals surface area (Å²) in [4.78, 5) is 18.6. The minimum atomic E-state index is -4.60. The predicted octanol–water partition coefficient (Wildman–Crippen LogP) is 5.31. The molecule has 3 aliphatic rings. The fourth-order valence-corrected chi connectivity index (χ4v) is 6.64. The Hall–Kier alpha value is -3.01. The standard InChI is InChI=1S/C27H28F4N4O2/c1-25(2)14-18(19-15-32-21-13-20(28)33-35(21)23(19)25)16-3-5-17(6-4-16)22(27(29,30)31)34-10-7-26(24(34)36)8-11-37-12-9-26/h3-6,13,15,18,22H,7-12,14H2,1-2H3/t18-,22+/m0/s1. The molecule has 6 nitrogen and oxygen atoms in total. The number of ether oxygens (including phenoxy) is 1. The van der Waals surface area contributed by atoms with Crippen LogP contribution < -0.4 is 0 Å². The van der Waals surface area contributed by atoms with E-state index in [0.717, 1.165) is 21.7 Å². The zero-order valence-electron chi connectivity index (χ0n) is 20.7. The van der Waals surface area contributed by atoms with E-state index >= 15 is 0 Å². The first kappa shape index (κ1) is 24.3. The highest BCUT2D eigenvalue weighted by atomic mass is 19.4. The molecule has 2 saturated heterocycles. The normalized spacial score (nSPS) is 23.7. The minimum absolute atomic E-state index is 0.0499. The van der Waals surface area contributed by atoms with E-state index in [2.05, 4.69) is 10.1 Å². The molecule has 1 amide bonds. The molecule has 2 aliphatic heterocycles. The van der Waals surface area contributed by atoms with E-state index in [1.165, 1.54) is 22.7 Å². The predicted molar refractivity (Wildman–Crippen MR) is 126 cm³/mol. The van der Waals surface area contributed by atoms with E-state index in [1.54, 1.807) is 18.3 Å². The molecule has 2 atom stereocenters. The van der Waals surface area contributed by atoms with Gasteiger partial charge in [-0.2, -0.15) is 17.6 Å². The lowest BCUT2D eigenvalue weighted by molar-refractivity contribution is -0.191. The number of nitrogens with zero attached hydrogens (tertiary/aromatic N) is 4. The Morgan fingerprint density at radius 1 is 1.11 bits per heavy atom. The molecule has 0 unspecified atom stereocenters. The molecule has 37 heavy (non-hydrogen) atoms. The van der Waals surface area contributed by atoms with Crippen LogP contribution in [0.15, 0.2) is 36.5 Å². The van der Waals surface area contributed by atoms with Gasteiger partial charge in [0.1, 0.15) is 0 Å². The highest BCUT2D eigenvalue weighted by Gasteiger charge is 2.55. The molecule has 10 heteroatoms. The molecule has 1 spiro atoms. The van der Waals surface area contributed by atoms with Crippen molar-refractivity contribution < 1.29 is 27.1 Å². The molecule has 196 valence electrons. The Labute approximate surface area is 211 Å². The Morgan fingerprint density at radius 2 is 1.81 bits per heavy atom. The number of hydrogen-bond donors (Lipinski definition) is 0. The van der Waals surface area contributed by atoms with Gasteiger partial charge in [-0.15, -0.1) is 5.10 Å². The third-order valence-corrected chi connectivity index (χ3v) is 8.48. The van der Waals surface area contributed by atoms with Gasteiger partial charge in [0.05, 0.1) is 11.1 Å². The van der Waals surface area contributed by atoms with Gasteiger partial charge < -0.3 is 9.64 Å². The number of fused-ring (bicyclic) bond motifs is 3. The van der Waals surface area contributed by atoms with Crippen molar-refractivity contribution in [1.29, 1.82) is 0 Å². The van der Waals surface area contributed by atoms with Gasteiger partial charge in [-0.05, 0) is 36.8 Å². The van der Waals surface area contributed by atoms with Gasteiger partial charge in [-0.1, -0.05) is 38.1 Å². The van der Waals surface area contributed by atoms with Crippen LogP contribution in [0.25, 0.3) is 5.65 Å². The van der Waals surface area contributed by atoms with Gasteiger partial charge in [-0.3, -0.25) is 4.79 Å². The first-order chi connectivity index (χ1) is 17.5. The number of likely N-dealkylation sites (tertiary alicyclic amines) is 1. The van der Waals surface area contributed by atoms with Gasteiger partial charge in [-0.25, -0.2) is 9.50 Å². The van der Waals surface area contributed by atoms with Gasteiger partial charge >= 0.3 is 6.18 Å².